The maximum atomic E-state index is 12.6. The molecule has 2 heterocycles. The highest BCUT2D eigenvalue weighted by molar-refractivity contribution is 5.90. The van der Waals surface area contributed by atoms with Crippen LogP contribution in [0.3, 0.4) is 0 Å². The summed E-state index contributed by atoms with van der Waals surface area (Å²) < 4.78 is 11.8. The third-order valence-corrected chi connectivity index (χ3v) is 5.28. The molecule has 1 saturated heterocycles. The molecule has 0 spiro atoms. The Labute approximate surface area is 159 Å². The summed E-state index contributed by atoms with van der Waals surface area (Å²) in [6, 6.07) is 12.8. The average Bonchev–Trinajstić information content (AvgIpc) is 2.69. The normalized spacial score (nSPS) is 16.2. The van der Waals surface area contributed by atoms with E-state index in [-0.39, 0.29) is 5.43 Å². The third kappa shape index (κ3) is 4.15. The van der Waals surface area contributed by atoms with Crippen LogP contribution >= 0.6 is 0 Å². The molecule has 3 aromatic rings. The van der Waals surface area contributed by atoms with Crippen LogP contribution in [-0.4, -0.2) is 56.2 Å². The second-order valence-corrected chi connectivity index (χ2v) is 7.29. The van der Waals surface area contributed by atoms with Crippen LogP contribution in [0.2, 0.25) is 0 Å². The molecule has 0 radical (unpaired) electrons. The van der Waals surface area contributed by atoms with Crippen LogP contribution in [0, 0.1) is 0 Å². The van der Waals surface area contributed by atoms with Crippen molar-refractivity contribution in [3.05, 3.63) is 52.7 Å². The van der Waals surface area contributed by atoms with Crippen molar-refractivity contribution >= 4 is 21.9 Å². The molecule has 0 N–H and O–H groups in total. The maximum absolute atomic E-state index is 12.6. The number of ether oxygens (including phenoxy) is 1. The van der Waals surface area contributed by atoms with Gasteiger partial charge in [0.2, 0.25) is 5.43 Å². The summed E-state index contributed by atoms with van der Waals surface area (Å²) in [5, 5.41) is 1.21. The fraction of sp³-hybridized carbons (Fsp3) is 0.409. The first-order valence-corrected chi connectivity index (χ1v) is 9.70. The maximum Gasteiger partial charge on any atom is 0.200 e. The van der Waals surface area contributed by atoms with Crippen LogP contribution in [0.15, 0.2) is 51.7 Å². The van der Waals surface area contributed by atoms with E-state index in [1.165, 1.54) is 0 Å². The number of likely N-dealkylation sites (N-methyl/N-ethyl adjacent to an activating group) is 1. The molecule has 0 amide bonds. The highest BCUT2D eigenvalue weighted by atomic mass is 16.5. The standard InChI is InChI=1S/C22H26N2O3/c1-23-11-13-24(14-12-23)10-4-5-15-26-17-8-9-19-21(16-17)27-20-7-3-2-6-18(20)22(19)25/h2-3,6-9,16H,4-5,10-15H2,1H3. The van der Waals surface area contributed by atoms with Crippen LogP contribution in [0.1, 0.15) is 12.8 Å². The van der Waals surface area contributed by atoms with Crippen molar-refractivity contribution < 1.29 is 9.15 Å². The predicted molar refractivity (Wildman–Crippen MR) is 109 cm³/mol. The van der Waals surface area contributed by atoms with E-state index in [2.05, 4.69) is 16.8 Å². The molecule has 0 saturated carbocycles. The summed E-state index contributed by atoms with van der Waals surface area (Å²) in [4.78, 5) is 17.5. The predicted octanol–water partition coefficient (Wildman–Crippen LogP) is 3.35. The lowest BCUT2D eigenvalue weighted by Gasteiger charge is -2.32. The van der Waals surface area contributed by atoms with Gasteiger partial charge in [0.25, 0.3) is 0 Å². The van der Waals surface area contributed by atoms with Gasteiger partial charge >= 0.3 is 0 Å². The zero-order chi connectivity index (χ0) is 18.6. The van der Waals surface area contributed by atoms with Gasteiger partial charge in [-0.15, -0.1) is 0 Å². The molecule has 2 aromatic carbocycles. The summed E-state index contributed by atoms with van der Waals surface area (Å²) in [5.74, 6) is 0.750. The number of benzene rings is 2. The van der Waals surface area contributed by atoms with Crippen LogP contribution in [0.5, 0.6) is 5.75 Å². The van der Waals surface area contributed by atoms with Gasteiger partial charge in [-0.3, -0.25) is 4.79 Å². The molecule has 1 fully saturated rings. The number of piperazine rings is 1. The minimum Gasteiger partial charge on any atom is -0.493 e. The Balaban J connectivity index is 1.34. The Bertz CT molecular complexity index is 974. The van der Waals surface area contributed by atoms with Crippen molar-refractivity contribution in [3.63, 3.8) is 0 Å². The molecular weight excluding hydrogens is 340 g/mol. The Morgan fingerprint density at radius 2 is 1.74 bits per heavy atom. The van der Waals surface area contributed by atoms with Crippen LogP contribution in [0.4, 0.5) is 0 Å². The van der Waals surface area contributed by atoms with E-state index < -0.39 is 0 Å². The molecule has 0 unspecified atom stereocenters. The number of unbranched alkanes of at least 4 members (excludes halogenated alkanes) is 1. The van der Waals surface area contributed by atoms with E-state index in [1.54, 1.807) is 12.1 Å². The van der Waals surface area contributed by atoms with Gasteiger partial charge in [-0.2, -0.15) is 0 Å². The molecule has 142 valence electrons. The van der Waals surface area contributed by atoms with Gasteiger partial charge < -0.3 is 19.0 Å². The molecule has 0 aliphatic carbocycles. The zero-order valence-electron chi connectivity index (χ0n) is 15.8. The van der Waals surface area contributed by atoms with Gasteiger partial charge in [-0.05, 0) is 50.7 Å². The second-order valence-electron chi connectivity index (χ2n) is 7.29. The fourth-order valence-electron chi connectivity index (χ4n) is 3.57. The lowest BCUT2D eigenvalue weighted by Crippen LogP contribution is -2.44. The van der Waals surface area contributed by atoms with Crippen molar-refractivity contribution in [2.75, 3.05) is 46.4 Å². The minimum atomic E-state index is 0.00516. The SMILES string of the molecule is CN1CCN(CCCCOc2ccc3c(=O)c4ccccc4oc3c2)CC1. The van der Waals surface area contributed by atoms with E-state index in [1.807, 2.05) is 30.3 Å². The Hall–Kier alpha value is -2.37. The van der Waals surface area contributed by atoms with Gasteiger partial charge in [0.05, 0.1) is 17.4 Å². The molecule has 0 bridgehead atoms. The van der Waals surface area contributed by atoms with Crippen molar-refractivity contribution in [3.8, 4) is 5.75 Å². The summed E-state index contributed by atoms with van der Waals surface area (Å²) >= 11 is 0. The Morgan fingerprint density at radius 3 is 2.59 bits per heavy atom. The van der Waals surface area contributed by atoms with Gasteiger partial charge in [-0.25, -0.2) is 0 Å². The lowest BCUT2D eigenvalue weighted by molar-refractivity contribution is 0.150. The first-order valence-electron chi connectivity index (χ1n) is 9.70. The average molecular weight is 366 g/mol. The van der Waals surface area contributed by atoms with Crippen LogP contribution in [0.25, 0.3) is 21.9 Å². The van der Waals surface area contributed by atoms with Crippen molar-refractivity contribution in [1.82, 2.24) is 9.80 Å². The summed E-state index contributed by atoms with van der Waals surface area (Å²) in [6.07, 6.45) is 2.16. The number of rotatable bonds is 6. The molecule has 5 heteroatoms. The molecule has 1 aromatic heterocycles. The van der Waals surface area contributed by atoms with Crippen LogP contribution < -0.4 is 10.2 Å². The highest BCUT2D eigenvalue weighted by Crippen LogP contribution is 2.23. The monoisotopic (exact) mass is 366 g/mol. The summed E-state index contributed by atoms with van der Waals surface area (Å²) in [6.45, 7) is 6.46. The highest BCUT2D eigenvalue weighted by Gasteiger charge is 2.13. The number of hydrogen-bond acceptors (Lipinski definition) is 5. The largest absolute Gasteiger partial charge is 0.493 e. The second kappa shape index (κ2) is 8.11. The van der Waals surface area contributed by atoms with E-state index in [4.69, 9.17) is 9.15 Å². The molecule has 5 nitrogen and oxygen atoms in total. The number of nitrogens with zero attached hydrogens (tertiary/aromatic N) is 2. The molecule has 27 heavy (non-hydrogen) atoms. The Morgan fingerprint density at radius 1 is 0.963 bits per heavy atom. The molecule has 0 atom stereocenters. The molecule has 1 aliphatic rings. The lowest BCUT2D eigenvalue weighted by atomic mass is 10.1. The van der Waals surface area contributed by atoms with E-state index in [0.717, 1.165) is 51.3 Å². The Kier molecular flexibility index (Phi) is 5.41. The van der Waals surface area contributed by atoms with Crippen molar-refractivity contribution in [1.29, 1.82) is 0 Å². The first-order chi connectivity index (χ1) is 13.2. The fourth-order valence-corrected chi connectivity index (χ4v) is 3.57. The quantitative estimate of drug-likeness (QED) is 0.494. The van der Waals surface area contributed by atoms with Gasteiger partial charge in [0.15, 0.2) is 0 Å². The minimum absolute atomic E-state index is 0.00516. The van der Waals surface area contributed by atoms with Crippen molar-refractivity contribution in [2.45, 2.75) is 12.8 Å². The molecule has 1 aliphatic heterocycles. The van der Waals surface area contributed by atoms with Crippen molar-refractivity contribution in [2.24, 2.45) is 0 Å². The summed E-state index contributed by atoms with van der Waals surface area (Å²) in [5.41, 5.74) is 1.19. The number of fused-ring (bicyclic) bond motifs is 2. The topological polar surface area (TPSA) is 45.9 Å². The van der Waals surface area contributed by atoms with E-state index >= 15 is 0 Å². The van der Waals surface area contributed by atoms with Crippen LogP contribution in [-0.2, 0) is 0 Å². The smallest absolute Gasteiger partial charge is 0.200 e. The van der Waals surface area contributed by atoms with E-state index in [9.17, 15) is 4.79 Å². The van der Waals surface area contributed by atoms with Gasteiger partial charge in [0.1, 0.15) is 16.9 Å². The van der Waals surface area contributed by atoms with Gasteiger partial charge in [0, 0.05) is 32.2 Å². The zero-order valence-corrected chi connectivity index (χ0v) is 15.8. The van der Waals surface area contributed by atoms with E-state index in [0.29, 0.717) is 28.5 Å². The third-order valence-electron chi connectivity index (χ3n) is 5.28. The number of hydrogen-bond donors (Lipinski definition) is 0. The molecular formula is C22H26N2O3. The number of para-hydroxylation sites is 1. The summed E-state index contributed by atoms with van der Waals surface area (Å²) in [7, 11) is 2.18. The first kappa shape index (κ1) is 18.0. The van der Waals surface area contributed by atoms with Gasteiger partial charge in [-0.1, -0.05) is 12.1 Å². The molecule has 4 rings (SSSR count).